The number of nitrogens with zero attached hydrogens (tertiary/aromatic N) is 1. The number of imidazole rings is 1. The molecular formula is C17H25N3O2. The largest absolute Gasteiger partial charge is 0.493 e. The highest BCUT2D eigenvalue weighted by molar-refractivity contribution is 5.43. The summed E-state index contributed by atoms with van der Waals surface area (Å²) < 4.78 is 11.2. The monoisotopic (exact) mass is 303 g/mol. The Kier molecular flexibility index (Phi) is 6.27. The molecule has 22 heavy (non-hydrogen) atoms. The van der Waals surface area contributed by atoms with Crippen molar-refractivity contribution in [2.45, 2.75) is 39.3 Å². The zero-order valence-electron chi connectivity index (χ0n) is 13.6. The van der Waals surface area contributed by atoms with Crippen molar-refractivity contribution >= 4 is 0 Å². The predicted molar refractivity (Wildman–Crippen MR) is 87.2 cm³/mol. The van der Waals surface area contributed by atoms with Gasteiger partial charge >= 0.3 is 0 Å². The molecule has 0 amide bonds. The Labute approximate surface area is 132 Å². The second-order valence-corrected chi connectivity index (χ2v) is 5.25. The van der Waals surface area contributed by atoms with Crippen LogP contribution in [0, 0.1) is 0 Å². The first-order valence-electron chi connectivity index (χ1n) is 7.77. The van der Waals surface area contributed by atoms with Crippen LogP contribution in [0.2, 0.25) is 0 Å². The highest BCUT2D eigenvalue weighted by Gasteiger charge is 2.11. The van der Waals surface area contributed by atoms with Gasteiger partial charge in [-0.2, -0.15) is 0 Å². The van der Waals surface area contributed by atoms with Crippen LogP contribution in [0.5, 0.6) is 11.5 Å². The van der Waals surface area contributed by atoms with E-state index in [2.05, 4.69) is 35.2 Å². The van der Waals surface area contributed by atoms with Crippen molar-refractivity contribution in [1.82, 2.24) is 15.3 Å². The summed E-state index contributed by atoms with van der Waals surface area (Å²) >= 11 is 0. The van der Waals surface area contributed by atoms with Crippen LogP contribution in [0.25, 0.3) is 0 Å². The molecule has 0 saturated carbocycles. The van der Waals surface area contributed by atoms with Crippen molar-refractivity contribution in [1.29, 1.82) is 0 Å². The third kappa shape index (κ3) is 4.49. The highest BCUT2D eigenvalue weighted by Crippen LogP contribution is 2.30. The lowest BCUT2D eigenvalue weighted by molar-refractivity contribution is 0.288. The molecule has 5 heteroatoms. The molecule has 0 spiro atoms. The maximum atomic E-state index is 5.76. The smallest absolute Gasteiger partial charge is 0.161 e. The zero-order chi connectivity index (χ0) is 15.8. The third-order valence-corrected chi connectivity index (χ3v) is 3.57. The fourth-order valence-electron chi connectivity index (χ4n) is 2.16. The number of nitrogens with one attached hydrogen (secondary N) is 2. The van der Waals surface area contributed by atoms with Crippen molar-refractivity contribution in [3.8, 4) is 11.5 Å². The van der Waals surface area contributed by atoms with Gasteiger partial charge in [0.25, 0.3) is 0 Å². The Bertz CT molecular complexity index is 555. The van der Waals surface area contributed by atoms with Crippen LogP contribution in [0.1, 0.15) is 44.1 Å². The molecule has 120 valence electrons. The number of aromatic amines is 1. The van der Waals surface area contributed by atoms with Gasteiger partial charge in [0, 0.05) is 18.4 Å². The molecule has 0 saturated heterocycles. The summed E-state index contributed by atoms with van der Waals surface area (Å²) in [4.78, 5) is 7.29. The van der Waals surface area contributed by atoms with Crippen molar-refractivity contribution in [3.63, 3.8) is 0 Å². The minimum absolute atomic E-state index is 0.198. The summed E-state index contributed by atoms with van der Waals surface area (Å²) in [6, 6.07) is 6.28. The van der Waals surface area contributed by atoms with E-state index in [1.807, 2.05) is 18.3 Å². The molecule has 0 aliphatic carbocycles. The molecule has 5 nitrogen and oxygen atoms in total. The summed E-state index contributed by atoms with van der Waals surface area (Å²) in [5.41, 5.74) is 1.16. The van der Waals surface area contributed by atoms with E-state index >= 15 is 0 Å². The summed E-state index contributed by atoms with van der Waals surface area (Å²) in [5, 5.41) is 3.43. The molecule has 2 aromatic rings. The van der Waals surface area contributed by atoms with Gasteiger partial charge < -0.3 is 19.8 Å². The van der Waals surface area contributed by atoms with E-state index < -0.39 is 0 Å². The number of H-pyrrole nitrogens is 1. The van der Waals surface area contributed by atoms with Crippen molar-refractivity contribution in [3.05, 3.63) is 42.0 Å². The molecule has 1 heterocycles. The summed E-state index contributed by atoms with van der Waals surface area (Å²) in [6.45, 7) is 5.69. The minimum atomic E-state index is 0.198. The van der Waals surface area contributed by atoms with Crippen molar-refractivity contribution < 1.29 is 9.47 Å². The van der Waals surface area contributed by atoms with Crippen LogP contribution in [0.4, 0.5) is 0 Å². The van der Waals surface area contributed by atoms with Crippen LogP contribution in [0.3, 0.4) is 0 Å². The molecule has 1 unspecified atom stereocenters. The van der Waals surface area contributed by atoms with Crippen LogP contribution in [0.15, 0.2) is 30.6 Å². The SMILES string of the molecule is CCCCOc1ccc(C(C)NCc2ncc[nH]2)cc1OC. The van der Waals surface area contributed by atoms with Crippen LogP contribution >= 0.6 is 0 Å². The predicted octanol–water partition coefficient (Wildman–Crippen LogP) is 3.45. The second kappa shape index (κ2) is 8.44. The van der Waals surface area contributed by atoms with Crippen LogP contribution in [-0.2, 0) is 6.54 Å². The van der Waals surface area contributed by atoms with E-state index in [-0.39, 0.29) is 6.04 Å². The van der Waals surface area contributed by atoms with Crippen LogP contribution in [-0.4, -0.2) is 23.7 Å². The Morgan fingerprint density at radius 1 is 1.32 bits per heavy atom. The standard InChI is InChI=1S/C17H25N3O2/c1-4-5-10-22-15-7-6-14(11-16(15)21-3)13(2)20-12-17-18-8-9-19-17/h6-9,11,13,20H,4-5,10,12H2,1-3H3,(H,18,19). The maximum Gasteiger partial charge on any atom is 0.161 e. The van der Waals surface area contributed by atoms with E-state index in [1.54, 1.807) is 13.3 Å². The normalized spacial score (nSPS) is 12.1. The summed E-state index contributed by atoms with van der Waals surface area (Å²) in [5.74, 6) is 2.51. The van der Waals surface area contributed by atoms with Crippen molar-refractivity contribution in [2.24, 2.45) is 0 Å². The number of ether oxygens (including phenoxy) is 2. The minimum Gasteiger partial charge on any atom is -0.493 e. The van der Waals surface area contributed by atoms with Gasteiger partial charge in [0.2, 0.25) is 0 Å². The van der Waals surface area contributed by atoms with E-state index in [0.717, 1.165) is 42.3 Å². The van der Waals surface area contributed by atoms with E-state index in [1.165, 1.54) is 0 Å². The molecular weight excluding hydrogens is 278 g/mol. The summed E-state index contributed by atoms with van der Waals surface area (Å²) in [6.07, 6.45) is 5.75. The van der Waals surface area contributed by atoms with E-state index in [9.17, 15) is 0 Å². The number of hydrogen-bond donors (Lipinski definition) is 2. The Balaban J connectivity index is 1.98. The molecule has 2 rings (SSSR count). The topological polar surface area (TPSA) is 59.2 Å². The number of benzene rings is 1. The van der Waals surface area contributed by atoms with Gasteiger partial charge in [0.1, 0.15) is 5.82 Å². The van der Waals surface area contributed by atoms with Crippen LogP contribution < -0.4 is 14.8 Å². The molecule has 1 aromatic carbocycles. The quantitative estimate of drug-likeness (QED) is 0.697. The molecule has 0 radical (unpaired) electrons. The molecule has 1 aromatic heterocycles. The maximum absolute atomic E-state index is 5.76. The van der Waals surface area contributed by atoms with Gasteiger partial charge in [-0.1, -0.05) is 19.4 Å². The first-order chi connectivity index (χ1) is 10.7. The lowest BCUT2D eigenvalue weighted by Gasteiger charge is -2.16. The number of aromatic nitrogens is 2. The number of rotatable bonds is 9. The average molecular weight is 303 g/mol. The number of hydrogen-bond acceptors (Lipinski definition) is 4. The van der Waals surface area contributed by atoms with E-state index in [0.29, 0.717) is 6.54 Å². The average Bonchev–Trinajstić information content (AvgIpc) is 3.06. The van der Waals surface area contributed by atoms with Gasteiger partial charge in [-0.3, -0.25) is 0 Å². The fraction of sp³-hybridized carbons (Fsp3) is 0.471. The van der Waals surface area contributed by atoms with Crippen molar-refractivity contribution in [2.75, 3.05) is 13.7 Å². The van der Waals surface area contributed by atoms with Gasteiger partial charge in [0.05, 0.1) is 20.3 Å². The molecule has 0 bridgehead atoms. The summed E-state index contributed by atoms with van der Waals surface area (Å²) in [7, 11) is 1.67. The number of unbranched alkanes of at least 4 members (excludes halogenated alkanes) is 1. The molecule has 0 fully saturated rings. The Hall–Kier alpha value is -2.01. The van der Waals surface area contributed by atoms with Gasteiger partial charge in [-0.25, -0.2) is 4.98 Å². The number of methoxy groups -OCH3 is 1. The molecule has 2 N–H and O–H groups in total. The van der Waals surface area contributed by atoms with Gasteiger partial charge in [0.15, 0.2) is 11.5 Å². The Morgan fingerprint density at radius 2 is 2.18 bits per heavy atom. The first-order valence-corrected chi connectivity index (χ1v) is 7.77. The Morgan fingerprint density at radius 3 is 2.86 bits per heavy atom. The van der Waals surface area contributed by atoms with Gasteiger partial charge in [-0.15, -0.1) is 0 Å². The lowest BCUT2D eigenvalue weighted by Crippen LogP contribution is -2.18. The third-order valence-electron chi connectivity index (χ3n) is 3.57. The first kappa shape index (κ1) is 16.4. The zero-order valence-corrected chi connectivity index (χ0v) is 13.6. The fourth-order valence-corrected chi connectivity index (χ4v) is 2.16. The lowest BCUT2D eigenvalue weighted by atomic mass is 10.1. The molecule has 0 aliphatic rings. The molecule has 0 aliphatic heterocycles. The van der Waals surface area contributed by atoms with E-state index in [4.69, 9.17) is 9.47 Å². The molecule has 1 atom stereocenters. The highest BCUT2D eigenvalue weighted by atomic mass is 16.5. The van der Waals surface area contributed by atoms with Gasteiger partial charge in [-0.05, 0) is 31.0 Å². The second-order valence-electron chi connectivity index (χ2n) is 5.25.